The van der Waals surface area contributed by atoms with Crippen LogP contribution < -0.4 is 5.63 Å². The van der Waals surface area contributed by atoms with Crippen molar-refractivity contribution < 1.29 is 39.8 Å². The van der Waals surface area contributed by atoms with E-state index in [1.807, 2.05) is 26.8 Å². The van der Waals surface area contributed by atoms with Crippen molar-refractivity contribution in [3.8, 4) is 5.75 Å². The van der Waals surface area contributed by atoms with Crippen molar-refractivity contribution in [3.05, 3.63) is 75.4 Å². The maximum absolute atomic E-state index is 13.0. The van der Waals surface area contributed by atoms with E-state index in [0.29, 0.717) is 11.8 Å². The first kappa shape index (κ1) is 40.6. The minimum Gasteiger partial charge on any atom is -0.507 e. The zero-order valence-corrected chi connectivity index (χ0v) is 29.8. The first-order valence-electron chi connectivity index (χ1n) is 17.0. The molecule has 47 heavy (non-hydrogen) atoms. The van der Waals surface area contributed by atoms with Crippen LogP contribution in [0.3, 0.4) is 0 Å². The lowest BCUT2D eigenvalue weighted by atomic mass is 9.82. The molecule has 266 valence electrons. The van der Waals surface area contributed by atoms with Crippen LogP contribution in [0.2, 0.25) is 0 Å². The second-order valence-electron chi connectivity index (χ2n) is 14.4. The molecule has 1 aromatic heterocycles. The van der Waals surface area contributed by atoms with Crippen molar-refractivity contribution in [3.63, 3.8) is 0 Å². The number of ether oxygens (including phenoxy) is 1. The molecule has 0 radical (unpaired) electrons. The number of aromatic hydroxyl groups is 1. The largest absolute Gasteiger partial charge is 0.507 e. The Morgan fingerprint density at radius 1 is 1.06 bits per heavy atom. The molecule has 1 saturated heterocycles. The Bertz CT molecular complexity index is 1310. The molecule has 1 aliphatic heterocycles. The second-order valence-corrected chi connectivity index (χ2v) is 14.4. The van der Waals surface area contributed by atoms with Gasteiger partial charge >= 0.3 is 5.63 Å². The highest BCUT2D eigenvalue weighted by Gasteiger charge is 2.41. The number of rotatable bonds is 16. The minimum absolute atomic E-state index is 0.00724. The zero-order chi connectivity index (χ0) is 35.6. The molecule has 0 amide bonds. The Kier molecular flexibility index (Phi) is 15.8. The lowest BCUT2D eigenvalue weighted by Crippen LogP contribution is -2.46. The minimum atomic E-state index is -1.51. The van der Waals surface area contributed by atoms with Crippen molar-refractivity contribution in [2.24, 2.45) is 23.7 Å². The monoisotopic (exact) mass is 660 g/mol. The van der Waals surface area contributed by atoms with Crippen LogP contribution in [0.5, 0.6) is 5.75 Å². The average Bonchev–Trinajstić information content (AvgIpc) is 3.00. The molecule has 0 aromatic carbocycles. The van der Waals surface area contributed by atoms with Gasteiger partial charge in [0.25, 0.3) is 0 Å². The fourth-order valence-electron chi connectivity index (χ4n) is 6.08. The third-order valence-electron chi connectivity index (χ3n) is 9.47. The molecule has 10 atom stereocenters. The normalized spacial score (nSPS) is 25.6. The van der Waals surface area contributed by atoms with E-state index < -0.39 is 60.0 Å². The van der Waals surface area contributed by atoms with Gasteiger partial charge in [-0.3, -0.25) is 0 Å². The van der Waals surface area contributed by atoms with Gasteiger partial charge in [-0.1, -0.05) is 88.6 Å². The SMILES string of the molecule is CCC(C)CC(C)C=C(C)C=CCC(C)C(O)C(C)C=C(C)C=CC(O)C(C)(C)c1cc(O)c([C@H]2O[C@@H](CO)C[C@@H](O)[C@@H]2O)c(=O)o1. The van der Waals surface area contributed by atoms with Crippen molar-refractivity contribution in [1.82, 2.24) is 0 Å². The Morgan fingerprint density at radius 3 is 2.30 bits per heavy atom. The third kappa shape index (κ3) is 11.5. The molecule has 0 saturated carbocycles. The van der Waals surface area contributed by atoms with Crippen LogP contribution in [0.4, 0.5) is 0 Å². The molecule has 0 aliphatic carbocycles. The first-order valence-corrected chi connectivity index (χ1v) is 17.0. The summed E-state index contributed by atoms with van der Waals surface area (Å²) in [5.74, 6) is 0.643. The van der Waals surface area contributed by atoms with Crippen LogP contribution in [0.1, 0.15) is 105 Å². The fraction of sp³-hybridized carbons (Fsp3) is 0.658. The third-order valence-corrected chi connectivity index (χ3v) is 9.47. The van der Waals surface area contributed by atoms with Gasteiger partial charge in [0.15, 0.2) is 0 Å². The van der Waals surface area contributed by atoms with Crippen molar-refractivity contribution in [1.29, 1.82) is 0 Å². The van der Waals surface area contributed by atoms with Gasteiger partial charge in [0.05, 0.1) is 36.4 Å². The van der Waals surface area contributed by atoms with E-state index in [9.17, 15) is 35.4 Å². The second kappa shape index (κ2) is 18.3. The van der Waals surface area contributed by atoms with Gasteiger partial charge in [0.2, 0.25) is 0 Å². The number of aliphatic hydroxyl groups is 5. The summed E-state index contributed by atoms with van der Waals surface area (Å²) in [6.07, 6.45) is 8.23. The molecule has 0 spiro atoms. The average molecular weight is 661 g/mol. The van der Waals surface area contributed by atoms with E-state index in [0.717, 1.165) is 12.0 Å². The maximum atomic E-state index is 13.0. The molecule has 9 heteroatoms. The highest BCUT2D eigenvalue weighted by Crippen LogP contribution is 2.37. The molecule has 2 heterocycles. The molecule has 2 rings (SSSR count). The van der Waals surface area contributed by atoms with Crippen LogP contribution in [0, 0.1) is 23.7 Å². The zero-order valence-electron chi connectivity index (χ0n) is 29.8. The van der Waals surface area contributed by atoms with Gasteiger partial charge < -0.3 is 39.8 Å². The van der Waals surface area contributed by atoms with E-state index >= 15 is 0 Å². The number of hydrogen-bond acceptors (Lipinski definition) is 9. The van der Waals surface area contributed by atoms with Crippen LogP contribution in [0.15, 0.2) is 62.9 Å². The van der Waals surface area contributed by atoms with Crippen molar-refractivity contribution in [2.45, 2.75) is 130 Å². The highest BCUT2D eigenvalue weighted by atomic mass is 16.5. The summed E-state index contributed by atoms with van der Waals surface area (Å²) in [6.45, 7) is 17.6. The van der Waals surface area contributed by atoms with Gasteiger partial charge in [0, 0.05) is 18.4 Å². The van der Waals surface area contributed by atoms with Gasteiger partial charge in [-0.25, -0.2) is 4.79 Å². The summed E-state index contributed by atoms with van der Waals surface area (Å²) in [5.41, 5.74) is -0.423. The maximum Gasteiger partial charge on any atom is 0.345 e. The number of aliphatic hydroxyl groups excluding tert-OH is 5. The molecule has 0 bridgehead atoms. The molecule has 1 fully saturated rings. The van der Waals surface area contributed by atoms with Gasteiger partial charge in [-0.15, -0.1) is 0 Å². The molecular weight excluding hydrogens is 600 g/mol. The molecule has 6 unspecified atom stereocenters. The van der Waals surface area contributed by atoms with Crippen LogP contribution in [-0.2, 0) is 10.2 Å². The number of hydrogen-bond donors (Lipinski definition) is 6. The molecule has 1 aliphatic rings. The van der Waals surface area contributed by atoms with Crippen LogP contribution in [-0.4, -0.2) is 67.8 Å². The van der Waals surface area contributed by atoms with Crippen molar-refractivity contribution in [2.75, 3.05) is 6.61 Å². The van der Waals surface area contributed by atoms with E-state index in [2.05, 4.69) is 45.9 Å². The van der Waals surface area contributed by atoms with Gasteiger partial charge in [-0.2, -0.15) is 0 Å². The standard InChI is InChI=1S/C38H60O9/c1-10-22(2)16-25(5)17-23(3)12-11-13-26(6)34(43)27(7)18-24(4)14-15-31(42)38(8,9)32-20-29(40)33(37(45)47-32)36-35(44)30(41)19-28(21-39)46-36/h11-12,14-15,17-18,20,22,25-28,30-31,34-36,39-44H,10,13,16,19,21H2,1-9H3/t22?,25?,26?,27?,28-,30-,31?,34?,35+,36-/m1/s1. The Morgan fingerprint density at radius 2 is 1.70 bits per heavy atom. The fourth-order valence-corrected chi connectivity index (χ4v) is 6.08. The summed E-state index contributed by atoms with van der Waals surface area (Å²) in [7, 11) is 0. The molecule has 6 N–H and O–H groups in total. The Labute approximate surface area is 281 Å². The van der Waals surface area contributed by atoms with Gasteiger partial charge in [0.1, 0.15) is 29.3 Å². The topological polar surface area (TPSA) is 161 Å². The molecule has 9 nitrogen and oxygen atoms in total. The number of allylic oxidation sites excluding steroid dienone is 6. The van der Waals surface area contributed by atoms with Crippen LogP contribution in [0.25, 0.3) is 0 Å². The van der Waals surface area contributed by atoms with E-state index in [1.165, 1.54) is 24.5 Å². The molecule has 1 aromatic rings. The Hall–Kier alpha value is -2.53. The summed E-state index contributed by atoms with van der Waals surface area (Å²) in [6, 6.07) is 1.20. The van der Waals surface area contributed by atoms with Crippen molar-refractivity contribution >= 4 is 0 Å². The van der Waals surface area contributed by atoms with E-state index in [4.69, 9.17) is 9.15 Å². The van der Waals surface area contributed by atoms with E-state index in [1.54, 1.807) is 26.0 Å². The summed E-state index contributed by atoms with van der Waals surface area (Å²) in [4.78, 5) is 13.0. The quantitative estimate of drug-likeness (QED) is 0.124. The Balaban J connectivity index is 2.07. The smallest absolute Gasteiger partial charge is 0.345 e. The highest BCUT2D eigenvalue weighted by molar-refractivity contribution is 5.36. The summed E-state index contributed by atoms with van der Waals surface area (Å²) >= 11 is 0. The summed E-state index contributed by atoms with van der Waals surface area (Å²) in [5, 5.41) is 62.8. The van der Waals surface area contributed by atoms with E-state index in [-0.39, 0.29) is 29.6 Å². The van der Waals surface area contributed by atoms with Crippen LogP contribution >= 0.6 is 0 Å². The lowest BCUT2D eigenvalue weighted by Gasteiger charge is -2.36. The first-order chi connectivity index (χ1) is 21.9. The summed E-state index contributed by atoms with van der Waals surface area (Å²) < 4.78 is 11.0. The predicted molar refractivity (Wildman–Crippen MR) is 185 cm³/mol. The predicted octanol–water partition coefficient (Wildman–Crippen LogP) is 5.63. The lowest BCUT2D eigenvalue weighted by molar-refractivity contribution is -0.180. The molecular formula is C38H60O9. The van der Waals surface area contributed by atoms with Gasteiger partial charge in [-0.05, 0) is 58.3 Å².